The van der Waals surface area contributed by atoms with E-state index in [0.29, 0.717) is 5.75 Å². The molecule has 2 heteroatoms. The Hall–Kier alpha value is -1.02. The number of phenols is 1. The zero-order chi connectivity index (χ0) is 19.5. The maximum Gasteiger partial charge on any atom is 0.123 e. The van der Waals surface area contributed by atoms with E-state index in [2.05, 4.69) is 65.9 Å². The molecule has 1 aliphatic carbocycles. The van der Waals surface area contributed by atoms with E-state index >= 15 is 0 Å². The molecule has 0 amide bonds. The Morgan fingerprint density at radius 3 is 1.88 bits per heavy atom. The van der Waals surface area contributed by atoms with E-state index < -0.39 is 0 Å². The van der Waals surface area contributed by atoms with Gasteiger partial charge in [-0.3, -0.25) is 0 Å². The highest BCUT2D eigenvalue weighted by molar-refractivity contribution is 5.49. The van der Waals surface area contributed by atoms with E-state index in [1.165, 1.54) is 31.2 Å². The molecular weight excluding hydrogens is 318 g/mol. The van der Waals surface area contributed by atoms with Gasteiger partial charge < -0.3 is 10.4 Å². The molecule has 0 unspecified atom stereocenters. The van der Waals surface area contributed by atoms with Crippen LogP contribution in [0.4, 0.5) is 0 Å². The Kier molecular flexibility index (Phi) is 6.82. The van der Waals surface area contributed by atoms with Gasteiger partial charge in [-0.25, -0.2) is 0 Å². The smallest absolute Gasteiger partial charge is 0.123 e. The van der Waals surface area contributed by atoms with Gasteiger partial charge in [0.15, 0.2) is 0 Å². The second-order valence-corrected chi connectivity index (χ2v) is 10.6. The molecule has 0 heterocycles. The third kappa shape index (κ3) is 5.74. The highest BCUT2D eigenvalue weighted by atomic mass is 16.3. The molecule has 0 bridgehead atoms. The number of rotatable bonds is 5. The van der Waals surface area contributed by atoms with Crippen LogP contribution in [-0.4, -0.2) is 17.7 Å². The van der Waals surface area contributed by atoms with Crippen molar-refractivity contribution in [2.24, 2.45) is 5.92 Å². The van der Waals surface area contributed by atoms with Crippen LogP contribution >= 0.6 is 0 Å². The minimum atomic E-state index is -0.0445. The van der Waals surface area contributed by atoms with Gasteiger partial charge in [-0.2, -0.15) is 0 Å². The van der Waals surface area contributed by atoms with Crippen LogP contribution in [0, 0.1) is 5.92 Å². The maximum atomic E-state index is 10.8. The molecule has 0 radical (unpaired) electrons. The Bertz CT molecular complexity index is 548. The van der Waals surface area contributed by atoms with Crippen LogP contribution in [0.5, 0.6) is 5.75 Å². The average molecular weight is 360 g/mol. The maximum absolute atomic E-state index is 10.8. The topological polar surface area (TPSA) is 32.3 Å². The number of hydrogen-bond donors (Lipinski definition) is 2. The molecule has 26 heavy (non-hydrogen) atoms. The average Bonchev–Trinajstić information content (AvgIpc) is 2.52. The van der Waals surface area contributed by atoms with Gasteiger partial charge in [0.25, 0.3) is 0 Å². The molecule has 1 aliphatic rings. The van der Waals surface area contributed by atoms with Crippen molar-refractivity contribution in [1.82, 2.24) is 5.32 Å². The van der Waals surface area contributed by atoms with Gasteiger partial charge >= 0.3 is 0 Å². The molecule has 0 spiro atoms. The van der Waals surface area contributed by atoms with Crippen LogP contribution in [0.1, 0.15) is 97.3 Å². The summed E-state index contributed by atoms with van der Waals surface area (Å²) < 4.78 is 0. The standard InChI is InChI=1S/C24H41NO/c1-17-10-12-19(13-11-17)25-14-8-9-18-15-20(23(2,3)4)22(26)21(16-18)24(5,6)7/h15-17,19,25-26H,8-14H2,1-7H3. The third-order valence-corrected chi connectivity index (χ3v) is 5.88. The molecule has 0 atom stereocenters. The van der Waals surface area contributed by atoms with Crippen molar-refractivity contribution in [3.05, 3.63) is 28.8 Å². The van der Waals surface area contributed by atoms with Crippen LogP contribution in [-0.2, 0) is 17.3 Å². The SMILES string of the molecule is CC1CCC(NCCCc2cc(C(C)(C)C)c(O)c(C(C)(C)C)c2)CC1. The highest BCUT2D eigenvalue weighted by Gasteiger charge is 2.26. The molecule has 2 rings (SSSR count). The molecule has 1 aromatic rings. The summed E-state index contributed by atoms with van der Waals surface area (Å²) in [6, 6.07) is 5.18. The molecule has 0 aromatic heterocycles. The van der Waals surface area contributed by atoms with Crippen molar-refractivity contribution in [2.45, 2.75) is 104 Å². The minimum absolute atomic E-state index is 0.0445. The first kappa shape index (κ1) is 21.3. The van der Waals surface area contributed by atoms with Crippen molar-refractivity contribution in [2.75, 3.05) is 6.54 Å². The molecule has 1 aromatic carbocycles. The first-order valence-electron chi connectivity index (χ1n) is 10.6. The van der Waals surface area contributed by atoms with Gasteiger partial charge in [-0.05, 0) is 78.5 Å². The first-order chi connectivity index (χ1) is 12.0. The lowest BCUT2D eigenvalue weighted by Gasteiger charge is -2.28. The summed E-state index contributed by atoms with van der Waals surface area (Å²) >= 11 is 0. The lowest BCUT2D eigenvalue weighted by Crippen LogP contribution is -2.33. The zero-order valence-electron chi connectivity index (χ0n) is 18.2. The molecular formula is C24H41NO. The van der Waals surface area contributed by atoms with E-state index in [-0.39, 0.29) is 10.8 Å². The van der Waals surface area contributed by atoms with E-state index in [1.807, 2.05) is 0 Å². The van der Waals surface area contributed by atoms with Crippen LogP contribution < -0.4 is 5.32 Å². The Morgan fingerprint density at radius 2 is 1.42 bits per heavy atom. The van der Waals surface area contributed by atoms with Crippen LogP contribution in [0.3, 0.4) is 0 Å². The zero-order valence-corrected chi connectivity index (χ0v) is 18.2. The summed E-state index contributed by atoms with van der Waals surface area (Å²) in [5.41, 5.74) is 3.42. The number of aromatic hydroxyl groups is 1. The van der Waals surface area contributed by atoms with Gasteiger partial charge in [-0.1, -0.05) is 60.6 Å². The van der Waals surface area contributed by atoms with Crippen LogP contribution in [0.25, 0.3) is 0 Å². The monoisotopic (exact) mass is 359 g/mol. The summed E-state index contributed by atoms with van der Waals surface area (Å²) in [6.07, 6.45) is 7.65. The largest absolute Gasteiger partial charge is 0.507 e. The van der Waals surface area contributed by atoms with Crippen molar-refractivity contribution in [3.63, 3.8) is 0 Å². The van der Waals surface area contributed by atoms with E-state index in [4.69, 9.17) is 0 Å². The third-order valence-electron chi connectivity index (χ3n) is 5.88. The summed E-state index contributed by atoms with van der Waals surface area (Å²) in [5, 5.41) is 14.6. The summed E-state index contributed by atoms with van der Waals surface area (Å²) in [7, 11) is 0. The van der Waals surface area contributed by atoms with Crippen molar-refractivity contribution < 1.29 is 5.11 Å². The van der Waals surface area contributed by atoms with Crippen molar-refractivity contribution >= 4 is 0 Å². The Balaban J connectivity index is 2.02. The van der Waals surface area contributed by atoms with E-state index in [1.54, 1.807) is 0 Å². The quantitative estimate of drug-likeness (QED) is 0.624. The van der Waals surface area contributed by atoms with Gasteiger partial charge in [0, 0.05) is 6.04 Å². The number of benzene rings is 1. The van der Waals surface area contributed by atoms with Gasteiger partial charge in [-0.15, -0.1) is 0 Å². The van der Waals surface area contributed by atoms with Gasteiger partial charge in [0.05, 0.1) is 0 Å². The number of aryl methyl sites for hydroxylation is 1. The van der Waals surface area contributed by atoms with Crippen molar-refractivity contribution in [3.8, 4) is 5.75 Å². The van der Waals surface area contributed by atoms with Crippen molar-refractivity contribution in [1.29, 1.82) is 0 Å². The number of phenolic OH excluding ortho intramolecular Hbond substituents is 1. The van der Waals surface area contributed by atoms with Crippen LogP contribution in [0.15, 0.2) is 12.1 Å². The normalized spacial score (nSPS) is 21.8. The van der Waals surface area contributed by atoms with E-state index in [0.717, 1.165) is 42.5 Å². The molecule has 148 valence electrons. The fourth-order valence-corrected chi connectivity index (χ4v) is 4.04. The second-order valence-electron chi connectivity index (χ2n) is 10.6. The lowest BCUT2D eigenvalue weighted by atomic mass is 9.78. The fourth-order valence-electron chi connectivity index (χ4n) is 4.04. The number of hydrogen-bond acceptors (Lipinski definition) is 2. The second kappa shape index (κ2) is 8.33. The minimum Gasteiger partial charge on any atom is -0.507 e. The fraction of sp³-hybridized carbons (Fsp3) is 0.750. The molecule has 1 saturated carbocycles. The first-order valence-corrected chi connectivity index (χ1v) is 10.6. The predicted molar refractivity (Wildman–Crippen MR) is 113 cm³/mol. The number of nitrogens with one attached hydrogen (secondary N) is 1. The molecule has 0 saturated heterocycles. The Labute approximate surface area is 161 Å². The summed E-state index contributed by atoms with van der Waals surface area (Å²) in [6.45, 7) is 16.6. The summed E-state index contributed by atoms with van der Waals surface area (Å²) in [4.78, 5) is 0. The molecule has 2 nitrogen and oxygen atoms in total. The van der Waals surface area contributed by atoms with E-state index in [9.17, 15) is 5.11 Å². The summed E-state index contributed by atoms with van der Waals surface area (Å²) in [5.74, 6) is 1.40. The molecule has 2 N–H and O–H groups in total. The molecule has 1 fully saturated rings. The van der Waals surface area contributed by atoms with Crippen LogP contribution in [0.2, 0.25) is 0 Å². The lowest BCUT2D eigenvalue weighted by molar-refractivity contribution is 0.307. The predicted octanol–water partition coefficient (Wildman–Crippen LogP) is 6.09. The van der Waals surface area contributed by atoms with Gasteiger partial charge in [0.2, 0.25) is 0 Å². The highest BCUT2D eigenvalue weighted by Crippen LogP contribution is 2.40. The van der Waals surface area contributed by atoms with Gasteiger partial charge in [0.1, 0.15) is 5.75 Å². The molecule has 0 aliphatic heterocycles. The Morgan fingerprint density at radius 1 is 0.923 bits per heavy atom.